The fraction of sp³-hybridized carbons (Fsp3) is 0.444. The number of hydrogen-bond acceptors (Lipinski definition) is 4. The van der Waals surface area contributed by atoms with E-state index >= 15 is 0 Å². The van der Waals surface area contributed by atoms with Crippen molar-refractivity contribution < 1.29 is 9.53 Å². The third-order valence-electron chi connectivity index (χ3n) is 5.02. The van der Waals surface area contributed by atoms with Crippen LogP contribution in [0.2, 0.25) is 0 Å². The molecule has 4 rings (SSSR count). The molecule has 0 radical (unpaired) electrons. The van der Waals surface area contributed by atoms with E-state index in [1.165, 1.54) is 16.9 Å². The van der Waals surface area contributed by atoms with Crippen molar-refractivity contribution >= 4 is 22.9 Å². The number of para-hydroxylation sites is 1. The van der Waals surface area contributed by atoms with Crippen LogP contribution >= 0.6 is 11.3 Å². The summed E-state index contributed by atoms with van der Waals surface area (Å²) < 4.78 is 5.56. The molecular formula is C18H20N2O2S. The van der Waals surface area contributed by atoms with Gasteiger partial charge in [0.2, 0.25) is 0 Å². The molecular weight excluding hydrogens is 308 g/mol. The van der Waals surface area contributed by atoms with Gasteiger partial charge >= 0.3 is 0 Å². The SMILES string of the molecule is Cc1nc(C)c(C(=O)N2CC3(CCOCC3)c3ccccc32)s1. The van der Waals surface area contributed by atoms with Gasteiger partial charge in [0.25, 0.3) is 5.91 Å². The molecule has 3 heterocycles. The molecule has 2 aliphatic heterocycles. The minimum atomic E-state index is 0.0537. The van der Waals surface area contributed by atoms with Crippen molar-refractivity contribution in [2.75, 3.05) is 24.7 Å². The molecule has 1 amide bonds. The number of benzene rings is 1. The second-order valence-corrected chi connectivity index (χ2v) is 7.65. The van der Waals surface area contributed by atoms with Gasteiger partial charge in [-0.1, -0.05) is 18.2 Å². The van der Waals surface area contributed by atoms with Crippen molar-refractivity contribution in [1.29, 1.82) is 0 Å². The molecule has 2 aliphatic rings. The van der Waals surface area contributed by atoms with Gasteiger partial charge in [0.1, 0.15) is 4.88 Å². The molecule has 4 nitrogen and oxygen atoms in total. The van der Waals surface area contributed by atoms with Gasteiger partial charge in [-0.25, -0.2) is 4.98 Å². The third kappa shape index (κ3) is 2.30. The molecule has 0 atom stereocenters. The van der Waals surface area contributed by atoms with Crippen LogP contribution in [0.5, 0.6) is 0 Å². The average Bonchev–Trinajstić information content (AvgIpc) is 3.06. The third-order valence-corrected chi connectivity index (χ3v) is 6.08. The van der Waals surface area contributed by atoms with E-state index in [4.69, 9.17) is 4.74 Å². The molecule has 120 valence electrons. The first kappa shape index (κ1) is 14.8. The fourth-order valence-electron chi connectivity index (χ4n) is 3.85. The number of aromatic nitrogens is 1. The van der Waals surface area contributed by atoms with E-state index in [0.717, 1.165) is 53.9 Å². The van der Waals surface area contributed by atoms with E-state index in [1.54, 1.807) is 0 Å². The Bertz CT molecular complexity index is 762. The highest BCUT2D eigenvalue weighted by atomic mass is 32.1. The predicted molar refractivity (Wildman–Crippen MR) is 91.4 cm³/mol. The molecule has 1 saturated heterocycles. The molecule has 0 unspecified atom stereocenters. The number of amides is 1. The average molecular weight is 328 g/mol. The number of ether oxygens (including phenoxy) is 1. The maximum absolute atomic E-state index is 13.1. The van der Waals surface area contributed by atoms with Gasteiger partial charge in [0, 0.05) is 30.9 Å². The Balaban J connectivity index is 1.76. The van der Waals surface area contributed by atoms with Crippen molar-refractivity contribution in [1.82, 2.24) is 4.98 Å². The van der Waals surface area contributed by atoms with Crippen LogP contribution in [-0.4, -0.2) is 30.6 Å². The number of anilines is 1. The van der Waals surface area contributed by atoms with E-state index in [0.29, 0.717) is 0 Å². The Labute approximate surface area is 140 Å². The Kier molecular flexibility index (Phi) is 3.50. The quantitative estimate of drug-likeness (QED) is 0.805. The topological polar surface area (TPSA) is 42.4 Å². The van der Waals surface area contributed by atoms with Crippen LogP contribution in [0, 0.1) is 13.8 Å². The summed E-state index contributed by atoms with van der Waals surface area (Å²) >= 11 is 1.49. The molecule has 1 spiro atoms. The first-order valence-electron chi connectivity index (χ1n) is 8.04. The lowest BCUT2D eigenvalue weighted by atomic mass is 9.76. The van der Waals surface area contributed by atoms with Gasteiger partial charge in [0.05, 0.1) is 10.7 Å². The van der Waals surface area contributed by atoms with Crippen LogP contribution in [0.1, 0.15) is 38.8 Å². The molecule has 0 saturated carbocycles. The van der Waals surface area contributed by atoms with Gasteiger partial charge in [-0.15, -0.1) is 11.3 Å². The summed E-state index contributed by atoms with van der Waals surface area (Å²) in [6, 6.07) is 8.34. The number of aryl methyl sites for hydroxylation is 2. The first-order chi connectivity index (χ1) is 11.1. The van der Waals surface area contributed by atoms with Crippen molar-refractivity contribution in [2.24, 2.45) is 0 Å². The van der Waals surface area contributed by atoms with Crippen molar-refractivity contribution in [3.63, 3.8) is 0 Å². The highest BCUT2D eigenvalue weighted by Crippen LogP contribution is 2.47. The monoisotopic (exact) mass is 328 g/mol. The van der Waals surface area contributed by atoms with Gasteiger partial charge in [-0.3, -0.25) is 4.79 Å². The number of nitrogens with zero attached hydrogens (tertiary/aromatic N) is 2. The van der Waals surface area contributed by atoms with Crippen molar-refractivity contribution in [2.45, 2.75) is 32.1 Å². The lowest BCUT2D eigenvalue weighted by molar-refractivity contribution is 0.0547. The van der Waals surface area contributed by atoms with Crippen LogP contribution in [-0.2, 0) is 10.2 Å². The molecule has 2 aromatic rings. The second-order valence-electron chi connectivity index (χ2n) is 6.45. The maximum Gasteiger partial charge on any atom is 0.270 e. The largest absolute Gasteiger partial charge is 0.381 e. The lowest BCUT2D eigenvalue weighted by Gasteiger charge is -2.34. The second kappa shape index (κ2) is 5.42. The summed E-state index contributed by atoms with van der Waals surface area (Å²) in [5.74, 6) is 0.0870. The molecule has 1 fully saturated rings. The number of carbonyl (C=O) groups is 1. The van der Waals surface area contributed by atoms with E-state index in [2.05, 4.69) is 23.2 Å². The number of rotatable bonds is 1. The van der Waals surface area contributed by atoms with E-state index in [-0.39, 0.29) is 11.3 Å². The van der Waals surface area contributed by atoms with Crippen molar-refractivity contribution in [3.8, 4) is 0 Å². The molecule has 0 bridgehead atoms. The highest BCUT2D eigenvalue weighted by Gasteiger charge is 2.45. The Morgan fingerprint density at radius 3 is 2.70 bits per heavy atom. The zero-order valence-electron chi connectivity index (χ0n) is 13.5. The Morgan fingerprint density at radius 1 is 1.26 bits per heavy atom. The van der Waals surface area contributed by atoms with E-state index in [9.17, 15) is 4.79 Å². The summed E-state index contributed by atoms with van der Waals surface area (Å²) in [5.41, 5.74) is 3.25. The fourth-order valence-corrected chi connectivity index (χ4v) is 4.72. The molecule has 1 aromatic heterocycles. The van der Waals surface area contributed by atoms with Gasteiger partial charge in [-0.2, -0.15) is 0 Å². The van der Waals surface area contributed by atoms with E-state index in [1.807, 2.05) is 24.8 Å². The molecule has 5 heteroatoms. The molecule has 0 aliphatic carbocycles. The normalized spacial score (nSPS) is 19.1. The van der Waals surface area contributed by atoms with Crippen molar-refractivity contribution in [3.05, 3.63) is 45.4 Å². The van der Waals surface area contributed by atoms with Gasteiger partial charge in [0.15, 0.2) is 0 Å². The molecule has 23 heavy (non-hydrogen) atoms. The number of thiazole rings is 1. The van der Waals surface area contributed by atoms with Gasteiger partial charge < -0.3 is 9.64 Å². The predicted octanol–water partition coefficient (Wildman–Crippen LogP) is 3.47. The molecule has 0 N–H and O–H groups in total. The van der Waals surface area contributed by atoms with Crippen LogP contribution in [0.4, 0.5) is 5.69 Å². The zero-order valence-corrected chi connectivity index (χ0v) is 14.3. The minimum Gasteiger partial charge on any atom is -0.381 e. The summed E-state index contributed by atoms with van der Waals surface area (Å²) in [6.07, 6.45) is 1.96. The minimum absolute atomic E-state index is 0.0537. The number of fused-ring (bicyclic) bond motifs is 2. The Morgan fingerprint density at radius 2 is 2.00 bits per heavy atom. The van der Waals surface area contributed by atoms with Crippen LogP contribution in [0.3, 0.4) is 0 Å². The van der Waals surface area contributed by atoms with E-state index < -0.39 is 0 Å². The van der Waals surface area contributed by atoms with Crippen LogP contribution in [0.25, 0.3) is 0 Å². The lowest BCUT2D eigenvalue weighted by Crippen LogP contribution is -2.40. The Hall–Kier alpha value is -1.72. The number of carbonyl (C=O) groups excluding carboxylic acids is 1. The summed E-state index contributed by atoms with van der Waals surface area (Å²) in [4.78, 5) is 20.3. The highest BCUT2D eigenvalue weighted by molar-refractivity contribution is 7.13. The smallest absolute Gasteiger partial charge is 0.270 e. The number of hydrogen-bond donors (Lipinski definition) is 0. The van der Waals surface area contributed by atoms with Crippen LogP contribution in [0.15, 0.2) is 24.3 Å². The summed E-state index contributed by atoms with van der Waals surface area (Å²) in [7, 11) is 0. The van der Waals surface area contributed by atoms with Crippen LogP contribution < -0.4 is 4.90 Å². The maximum atomic E-state index is 13.1. The molecule has 1 aromatic carbocycles. The summed E-state index contributed by atoms with van der Waals surface area (Å²) in [6.45, 7) is 6.17. The van der Waals surface area contributed by atoms with Gasteiger partial charge in [-0.05, 0) is 38.3 Å². The zero-order chi connectivity index (χ0) is 16.0. The standard InChI is InChI=1S/C18H20N2O2S/c1-12-16(23-13(2)19-12)17(21)20-11-18(7-9-22-10-8-18)14-5-3-4-6-15(14)20/h3-6H,7-11H2,1-2H3. The first-order valence-corrected chi connectivity index (χ1v) is 8.85. The summed E-state index contributed by atoms with van der Waals surface area (Å²) in [5, 5.41) is 0.944.